The lowest BCUT2D eigenvalue weighted by atomic mass is 9.98. The van der Waals surface area contributed by atoms with Gasteiger partial charge in [-0.1, -0.05) is 0 Å². The highest BCUT2D eigenvalue weighted by atomic mass is 32.2. The maximum Gasteiger partial charge on any atom is 0.391 e. The Morgan fingerprint density at radius 3 is 2.40 bits per heavy atom. The summed E-state index contributed by atoms with van der Waals surface area (Å²) in [6.45, 7) is 0.0485. The molecule has 0 atom stereocenters. The molecular formula is C11H15F3N2O2S2. The summed E-state index contributed by atoms with van der Waals surface area (Å²) < 4.78 is 63.5. The zero-order valence-electron chi connectivity index (χ0n) is 10.6. The molecule has 1 aromatic rings. The second-order valence-corrected chi connectivity index (χ2v) is 7.77. The van der Waals surface area contributed by atoms with Crippen LogP contribution in [-0.2, 0) is 16.6 Å². The molecule has 2 rings (SSSR count). The Kier molecular flexibility index (Phi) is 4.43. The monoisotopic (exact) mass is 328 g/mol. The van der Waals surface area contributed by atoms with Crippen LogP contribution in [0, 0.1) is 5.92 Å². The van der Waals surface area contributed by atoms with Crippen molar-refractivity contribution < 1.29 is 21.6 Å². The Morgan fingerprint density at radius 1 is 1.35 bits per heavy atom. The van der Waals surface area contributed by atoms with Gasteiger partial charge in [-0.3, -0.25) is 0 Å². The van der Waals surface area contributed by atoms with Crippen molar-refractivity contribution in [1.82, 2.24) is 4.31 Å². The lowest BCUT2D eigenvalue weighted by Gasteiger charge is -2.31. The van der Waals surface area contributed by atoms with Gasteiger partial charge in [0.15, 0.2) is 0 Å². The van der Waals surface area contributed by atoms with Gasteiger partial charge >= 0.3 is 6.18 Å². The van der Waals surface area contributed by atoms with E-state index < -0.39 is 22.1 Å². The number of nitrogens with zero attached hydrogens (tertiary/aromatic N) is 1. The predicted octanol–water partition coefficient (Wildman–Crippen LogP) is 2.17. The highest BCUT2D eigenvalue weighted by Crippen LogP contribution is 2.36. The zero-order valence-corrected chi connectivity index (χ0v) is 12.2. The average Bonchev–Trinajstić information content (AvgIpc) is 2.87. The van der Waals surface area contributed by atoms with E-state index in [9.17, 15) is 21.6 Å². The van der Waals surface area contributed by atoms with Crippen LogP contribution >= 0.6 is 11.3 Å². The molecule has 0 aliphatic carbocycles. The van der Waals surface area contributed by atoms with Crippen molar-refractivity contribution in [3.05, 3.63) is 17.0 Å². The maximum atomic E-state index is 12.6. The van der Waals surface area contributed by atoms with Crippen LogP contribution in [0.3, 0.4) is 0 Å². The second kappa shape index (κ2) is 5.63. The van der Waals surface area contributed by atoms with E-state index in [4.69, 9.17) is 5.73 Å². The van der Waals surface area contributed by atoms with Crippen LogP contribution in [0.4, 0.5) is 13.2 Å². The van der Waals surface area contributed by atoms with Crippen LogP contribution in [-0.4, -0.2) is 32.0 Å². The summed E-state index contributed by atoms with van der Waals surface area (Å²) in [6.07, 6.45) is -4.61. The summed E-state index contributed by atoms with van der Waals surface area (Å²) in [6, 6.07) is 1.48. The third kappa shape index (κ3) is 3.16. The maximum absolute atomic E-state index is 12.6. The quantitative estimate of drug-likeness (QED) is 0.925. The molecule has 0 radical (unpaired) electrons. The van der Waals surface area contributed by atoms with Crippen molar-refractivity contribution in [3.8, 4) is 0 Å². The van der Waals surface area contributed by atoms with Crippen LogP contribution in [0.2, 0.25) is 0 Å². The Labute approximate surface area is 119 Å². The molecule has 114 valence electrons. The van der Waals surface area contributed by atoms with E-state index in [2.05, 4.69) is 0 Å². The molecule has 4 nitrogen and oxygen atoms in total. The molecule has 1 saturated heterocycles. The first-order valence-electron chi connectivity index (χ1n) is 6.09. The smallest absolute Gasteiger partial charge is 0.326 e. The first kappa shape index (κ1) is 15.7. The number of piperidine rings is 1. The molecule has 0 spiro atoms. The lowest BCUT2D eigenvalue weighted by Crippen LogP contribution is -2.41. The van der Waals surface area contributed by atoms with E-state index in [1.165, 1.54) is 6.07 Å². The van der Waals surface area contributed by atoms with E-state index in [-0.39, 0.29) is 36.7 Å². The molecule has 0 unspecified atom stereocenters. The van der Waals surface area contributed by atoms with Crippen molar-refractivity contribution in [2.45, 2.75) is 29.8 Å². The first-order chi connectivity index (χ1) is 9.25. The summed E-state index contributed by atoms with van der Waals surface area (Å²) in [5.74, 6) is -1.41. The topological polar surface area (TPSA) is 63.4 Å². The predicted molar refractivity (Wildman–Crippen MR) is 69.7 cm³/mol. The fraction of sp³-hybridized carbons (Fsp3) is 0.636. The fourth-order valence-corrected chi connectivity index (χ4v) is 4.99. The molecule has 1 aliphatic rings. The van der Waals surface area contributed by atoms with Gasteiger partial charge in [0, 0.05) is 19.6 Å². The van der Waals surface area contributed by atoms with Gasteiger partial charge in [0.25, 0.3) is 10.0 Å². The third-order valence-electron chi connectivity index (χ3n) is 3.38. The Hall–Kier alpha value is -0.640. The van der Waals surface area contributed by atoms with Crippen LogP contribution in [0.25, 0.3) is 0 Å². The van der Waals surface area contributed by atoms with Crippen molar-refractivity contribution in [2.75, 3.05) is 13.1 Å². The zero-order chi connectivity index (χ0) is 15.0. The molecule has 20 heavy (non-hydrogen) atoms. The number of thiophene rings is 1. The van der Waals surface area contributed by atoms with E-state index in [1.807, 2.05) is 0 Å². The van der Waals surface area contributed by atoms with Gasteiger partial charge in [-0.15, -0.1) is 11.3 Å². The van der Waals surface area contributed by atoms with Gasteiger partial charge in [-0.05, 0) is 29.9 Å². The molecular weight excluding hydrogens is 313 g/mol. The Balaban J connectivity index is 2.09. The number of hydrogen-bond donors (Lipinski definition) is 1. The molecule has 1 fully saturated rings. The highest BCUT2D eigenvalue weighted by Gasteiger charge is 2.43. The molecule has 0 saturated carbocycles. The largest absolute Gasteiger partial charge is 0.391 e. The van der Waals surface area contributed by atoms with Crippen molar-refractivity contribution in [3.63, 3.8) is 0 Å². The van der Waals surface area contributed by atoms with Gasteiger partial charge < -0.3 is 5.73 Å². The van der Waals surface area contributed by atoms with Gasteiger partial charge in [-0.25, -0.2) is 8.42 Å². The van der Waals surface area contributed by atoms with Crippen molar-refractivity contribution in [2.24, 2.45) is 11.7 Å². The average molecular weight is 328 g/mol. The summed E-state index contributed by atoms with van der Waals surface area (Å²) in [7, 11) is -3.69. The molecule has 1 aromatic heterocycles. The van der Waals surface area contributed by atoms with Gasteiger partial charge in [0.2, 0.25) is 0 Å². The van der Waals surface area contributed by atoms with Crippen LogP contribution in [0.15, 0.2) is 15.7 Å². The summed E-state index contributed by atoms with van der Waals surface area (Å²) in [4.78, 5) is 0. The normalized spacial score (nSPS) is 19.4. The molecule has 9 heteroatoms. The van der Waals surface area contributed by atoms with Crippen molar-refractivity contribution >= 4 is 21.4 Å². The fourth-order valence-electron chi connectivity index (χ4n) is 2.15. The highest BCUT2D eigenvalue weighted by molar-refractivity contribution is 7.91. The minimum absolute atomic E-state index is 0.0949. The minimum atomic E-state index is -4.24. The molecule has 2 N–H and O–H groups in total. The van der Waals surface area contributed by atoms with E-state index in [0.29, 0.717) is 5.56 Å². The molecule has 0 amide bonds. The first-order valence-corrected chi connectivity index (χ1v) is 8.41. The Morgan fingerprint density at radius 2 is 1.95 bits per heavy atom. The number of alkyl halides is 3. The van der Waals surface area contributed by atoms with E-state index >= 15 is 0 Å². The van der Waals surface area contributed by atoms with E-state index in [1.54, 1.807) is 5.38 Å². The molecule has 0 bridgehead atoms. The standard InChI is InChI=1S/C11H15F3N2O2S2/c12-11(13,14)9-1-3-16(4-2-9)20(17,18)10-5-8(6-15)7-19-10/h5,7,9H,1-4,6,15H2. The van der Waals surface area contributed by atoms with Crippen molar-refractivity contribution in [1.29, 1.82) is 0 Å². The number of halogens is 3. The summed E-state index contributed by atoms with van der Waals surface area (Å²) in [5.41, 5.74) is 6.13. The van der Waals surface area contributed by atoms with Gasteiger partial charge in [0.05, 0.1) is 5.92 Å². The van der Waals surface area contributed by atoms with Gasteiger partial charge in [-0.2, -0.15) is 17.5 Å². The third-order valence-corrected chi connectivity index (χ3v) is 6.74. The number of rotatable bonds is 3. The number of hydrogen-bond acceptors (Lipinski definition) is 4. The number of nitrogens with two attached hydrogens (primary N) is 1. The van der Waals surface area contributed by atoms with E-state index in [0.717, 1.165) is 15.6 Å². The van der Waals surface area contributed by atoms with Crippen LogP contribution < -0.4 is 5.73 Å². The minimum Gasteiger partial charge on any atom is -0.326 e. The lowest BCUT2D eigenvalue weighted by molar-refractivity contribution is -0.182. The number of sulfonamides is 1. The summed E-state index contributed by atoms with van der Waals surface area (Å²) >= 11 is 1.05. The second-order valence-electron chi connectivity index (χ2n) is 4.70. The molecule has 0 aromatic carbocycles. The SMILES string of the molecule is NCc1csc(S(=O)(=O)N2CCC(C(F)(F)F)CC2)c1. The molecule has 2 heterocycles. The van der Waals surface area contributed by atoms with Gasteiger partial charge in [0.1, 0.15) is 4.21 Å². The Bertz CT molecular complexity index is 560. The summed E-state index contributed by atoms with van der Waals surface area (Å²) in [5, 5.41) is 1.65. The van der Waals surface area contributed by atoms with Crippen LogP contribution in [0.1, 0.15) is 18.4 Å². The van der Waals surface area contributed by atoms with Crippen LogP contribution in [0.5, 0.6) is 0 Å². The molecule has 1 aliphatic heterocycles.